The molecule has 0 saturated carbocycles. The van der Waals surface area contributed by atoms with Crippen molar-refractivity contribution in [2.75, 3.05) is 6.54 Å². The Morgan fingerprint density at radius 1 is 1.25 bits per heavy atom. The average molecular weight is 160 g/mol. The molecule has 0 saturated heterocycles. The van der Waals surface area contributed by atoms with Crippen molar-refractivity contribution in [3.63, 3.8) is 0 Å². The Hall–Kier alpha value is -1.44. The van der Waals surface area contributed by atoms with Crippen molar-refractivity contribution in [1.82, 2.24) is 0 Å². The lowest BCUT2D eigenvalue weighted by Crippen LogP contribution is -1.79. The largest absolute Gasteiger partial charge is 0.274 e. The number of hydrogen-bond donors (Lipinski definition) is 0. The smallest absolute Gasteiger partial charge is 0.109 e. The van der Waals surface area contributed by atoms with Gasteiger partial charge in [-0.15, -0.1) is 0 Å². The van der Waals surface area contributed by atoms with E-state index in [0.29, 0.717) is 0 Å². The monoisotopic (exact) mass is 160 g/mol. The molecule has 1 rings (SSSR count). The predicted molar refractivity (Wildman–Crippen MR) is 53.1 cm³/mol. The second-order valence-electron chi connectivity index (χ2n) is 2.30. The zero-order chi connectivity index (χ0) is 8.65. The van der Waals surface area contributed by atoms with Gasteiger partial charge in [0.2, 0.25) is 0 Å². The first kappa shape index (κ1) is 8.65. The van der Waals surface area contributed by atoms with Crippen molar-refractivity contribution < 1.29 is 0 Å². The van der Waals surface area contributed by atoms with Crippen LogP contribution in [0.1, 0.15) is 12.5 Å². The fraction of sp³-hybridized carbons (Fsp3) is 0.200. The normalized spacial score (nSPS) is 11.4. The molecule has 0 spiro atoms. The number of aliphatic imine (C=N–C) groups is 2. The molecule has 0 aliphatic carbocycles. The maximum Gasteiger partial charge on any atom is 0.109 e. The van der Waals surface area contributed by atoms with E-state index >= 15 is 0 Å². The van der Waals surface area contributed by atoms with Gasteiger partial charge in [0.15, 0.2) is 0 Å². The second-order valence-corrected chi connectivity index (χ2v) is 2.30. The molecule has 0 N–H and O–H groups in total. The van der Waals surface area contributed by atoms with Gasteiger partial charge in [0.1, 0.15) is 6.34 Å². The highest BCUT2D eigenvalue weighted by Gasteiger charge is 1.80. The van der Waals surface area contributed by atoms with Gasteiger partial charge in [-0.1, -0.05) is 30.3 Å². The number of hydrogen-bond acceptors (Lipinski definition) is 1. The van der Waals surface area contributed by atoms with Crippen LogP contribution in [-0.4, -0.2) is 19.1 Å². The van der Waals surface area contributed by atoms with Gasteiger partial charge in [-0.05, 0) is 12.5 Å². The quantitative estimate of drug-likeness (QED) is 0.478. The molecule has 2 nitrogen and oxygen atoms in total. The van der Waals surface area contributed by atoms with E-state index in [1.165, 1.54) is 0 Å². The van der Waals surface area contributed by atoms with Gasteiger partial charge in [0.25, 0.3) is 0 Å². The minimum absolute atomic E-state index is 0.784. The highest BCUT2D eigenvalue weighted by atomic mass is 14.8. The third-order valence-electron chi connectivity index (χ3n) is 1.35. The molecule has 0 amide bonds. The van der Waals surface area contributed by atoms with Crippen LogP contribution in [0.15, 0.2) is 40.3 Å². The summed E-state index contributed by atoms with van der Waals surface area (Å²) >= 11 is 0. The standard InChI is InChI=1S/C10H12N2/c1-2-11-9-12-8-10-6-4-3-5-7-10/h3-9H,2H2,1H3. The summed E-state index contributed by atoms with van der Waals surface area (Å²) in [6.07, 6.45) is 3.37. The van der Waals surface area contributed by atoms with E-state index in [9.17, 15) is 0 Å². The van der Waals surface area contributed by atoms with Crippen molar-refractivity contribution in [3.8, 4) is 0 Å². The van der Waals surface area contributed by atoms with Crippen molar-refractivity contribution in [2.45, 2.75) is 6.92 Å². The van der Waals surface area contributed by atoms with Crippen LogP contribution >= 0.6 is 0 Å². The predicted octanol–water partition coefficient (Wildman–Crippen LogP) is 2.15. The topological polar surface area (TPSA) is 24.7 Å². The molecule has 0 atom stereocenters. The number of nitrogens with zero attached hydrogens (tertiary/aromatic N) is 2. The molecule has 0 heterocycles. The van der Waals surface area contributed by atoms with E-state index < -0.39 is 0 Å². The summed E-state index contributed by atoms with van der Waals surface area (Å²) in [5.74, 6) is 0. The Kier molecular flexibility index (Phi) is 3.78. The Morgan fingerprint density at radius 2 is 2.00 bits per heavy atom. The molecule has 0 aliphatic rings. The molecule has 0 aromatic heterocycles. The SMILES string of the molecule is CCN=CN=Cc1ccccc1. The minimum Gasteiger partial charge on any atom is -0.274 e. The molecule has 62 valence electrons. The van der Waals surface area contributed by atoms with E-state index in [4.69, 9.17) is 0 Å². The van der Waals surface area contributed by atoms with Gasteiger partial charge in [-0.2, -0.15) is 0 Å². The fourth-order valence-electron chi connectivity index (χ4n) is 0.787. The molecule has 0 bridgehead atoms. The molecular weight excluding hydrogens is 148 g/mol. The Bertz CT molecular complexity index is 262. The first-order valence-corrected chi connectivity index (χ1v) is 4.00. The Balaban J connectivity index is 2.52. The maximum atomic E-state index is 4.01. The minimum atomic E-state index is 0.784. The van der Waals surface area contributed by atoms with Gasteiger partial charge >= 0.3 is 0 Å². The highest BCUT2D eigenvalue weighted by molar-refractivity contribution is 5.85. The van der Waals surface area contributed by atoms with Crippen molar-refractivity contribution >= 4 is 12.6 Å². The molecule has 0 aliphatic heterocycles. The summed E-state index contributed by atoms with van der Waals surface area (Å²) in [5, 5.41) is 0. The van der Waals surface area contributed by atoms with Crippen LogP contribution < -0.4 is 0 Å². The molecule has 12 heavy (non-hydrogen) atoms. The van der Waals surface area contributed by atoms with Gasteiger partial charge in [-0.25, -0.2) is 4.99 Å². The van der Waals surface area contributed by atoms with E-state index in [1.807, 2.05) is 37.3 Å². The third-order valence-corrected chi connectivity index (χ3v) is 1.35. The summed E-state index contributed by atoms with van der Waals surface area (Å²) in [6, 6.07) is 9.96. The van der Waals surface area contributed by atoms with Gasteiger partial charge in [0.05, 0.1) is 0 Å². The summed E-state index contributed by atoms with van der Waals surface area (Å²) < 4.78 is 0. The van der Waals surface area contributed by atoms with Crippen LogP contribution in [0.5, 0.6) is 0 Å². The molecule has 0 radical (unpaired) electrons. The molecule has 0 fully saturated rings. The molecular formula is C10H12N2. The van der Waals surface area contributed by atoms with E-state index in [-0.39, 0.29) is 0 Å². The van der Waals surface area contributed by atoms with Gasteiger partial charge < -0.3 is 0 Å². The van der Waals surface area contributed by atoms with Crippen LogP contribution in [-0.2, 0) is 0 Å². The van der Waals surface area contributed by atoms with Crippen LogP contribution in [0.25, 0.3) is 0 Å². The van der Waals surface area contributed by atoms with E-state index in [1.54, 1.807) is 12.6 Å². The molecule has 2 heteroatoms. The van der Waals surface area contributed by atoms with E-state index in [0.717, 1.165) is 12.1 Å². The average Bonchev–Trinajstić information content (AvgIpc) is 2.14. The first-order valence-electron chi connectivity index (χ1n) is 4.00. The fourth-order valence-corrected chi connectivity index (χ4v) is 0.787. The first-order chi connectivity index (χ1) is 5.93. The highest BCUT2D eigenvalue weighted by Crippen LogP contribution is 1.92. The molecule has 1 aromatic rings. The van der Waals surface area contributed by atoms with Crippen molar-refractivity contribution in [3.05, 3.63) is 35.9 Å². The third kappa shape index (κ3) is 3.10. The molecule has 1 aromatic carbocycles. The van der Waals surface area contributed by atoms with Crippen LogP contribution in [0.3, 0.4) is 0 Å². The summed E-state index contributed by atoms with van der Waals surface area (Å²) in [4.78, 5) is 7.98. The van der Waals surface area contributed by atoms with Crippen LogP contribution in [0.4, 0.5) is 0 Å². The number of benzene rings is 1. The summed E-state index contributed by atoms with van der Waals surface area (Å²) in [6.45, 7) is 2.76. The maximum absolute atomic E-state index is 4.01. The Morgan fingerprint density at radius 3 is 2.67 bits per heavy atom. The molecule has 0 unspecified atom stereocenters. The second kappa shape index (κ2) is 5.24. The van der Waals surface area contributed by atoms with Crippen LogP contribution in [0, 0.1) is 0 Å². The lowest BCUT2D eigenvalue weighted by molar-refractivity contribution is 1.14. The lowest BCUT2D eigenvalue weighted by Gasteiger charge is -1.87. The summed E-state index contributed by atoms with van der Waals surface area (Å²) in [5.41, 5.74) is 1.10. The van der Waals surface area contributed by atoms with Crippen LogP contribution in [0.2, 0.25) is 0 Å². The van der Waals surface area contributed by atoms with Crippen molar-refractivity contribution in [1.29, 1.82) is 0 Å². The van der Waals surface area contributed by atoms with Gasteiger partial charge in [0, 0.05) is 12.8 Å². The summed E-state index contributed by atoms with van der Waals surface area (Å²) in [7, 11) is 0. The number of rotatable bonds is 3. The van der Waals surface area contributed by atoms with Crippen molar-refractivity contribution in [2.24, 2.45) is 9.98 Å². The van der Waals surface area contributed by atoms with Gasteiger partial charge in [-0.3, -0.25) is 4.99 Å². The Labute approximate surface area is 72.7 Å². The zero-order valence-corrected chi connectivity index (χ0v) is 7.14. The zero-order valence-electron chi connectivity index (χ0n) is 7.14. The lowest BCUT2D eigenvalue weighted by atomic mass is 10.2. The van der Waals surface area contributed by atoms with E-state index in [2.05, 4.69) is 9.98 Å².